The van der Waals surface area contributed by atoms with Gasteiger partial charge in [-0.2, -0.15) is 0 Å². The second kappa shape index (κ2) is 4.61. The summed E-state index contributed by atoms with van der Waals surface area (Å²) >= 11 is 0. The average molecular weight is 228 g/mol. The van der Waals surface area contributed by atoms with Crippen molar-refractivity contribution >= 4 is 17.4 Å². The van der Waals surface area contributed by atoms with E-state index in [0.29, 0.717) is 11.3 Å². The zero-order valence-corrected chi connectivity index (χ0v) is 9.34. The molecule has 0 saturated heterocycles. The summed E-state index contributed by atoms with van der Waals surface area (Å²) in [5.41, 5.74) is 7.49. The molecule has 0 bridgehead atoms. The standard InChI is InChI=1S/C12H12N4O/c1-8-4-5-9(7-15-8)16-12(17)10-3-2-6-14-11(10)13/h2-7H,1H3,(H2,13,14)(H,16,17). The number of aromatic nitrogens is 2. The molecule has 0 aliphatic heterocycles. The molecule has 0 aliphatic carbocycles. The first-order valence-corrected chi connectivity index (χ1v) is 5.11. The van der Waals surface area contributed by atoms with Crippen LogP contribution in [0.2, 0.25) is 0 Å². The summed E-state index contributed by atoms with van der Waals surface area (Å²) in [5, 5.41) is 2.70. The van der Waals surface area contributed by atoms with Crippen molar-refractivity contribution in [3.05, 3.63) is 47.9 Å². The van der Waals surface area contributed by atoms with E-state index >= 15 is 0 Å². The number of anilines is 2. The van der Waals surface area contributed by atoms with Gasteiger partial charge in [0.05, 0.1) is 17.4 Å². The van der Waals surface area contributed by atoms with Gasteiger partial charge in [0.15, 0.2) is 0 Å². The Morgan fingerprint density at radius 3 is 2.76 bits per heavy atom. The fraction of sp³-hybridized carbons (Fsp3) is 0.0833. The highest BCUT2D eigenvalue weighted by Crippen LogP contribution is 2.11. The van der Waals surface area contributed by atoms with E-state index in [4.69, 9.17) is 5.73 Å². The summed E-state index contributed by atoms with van der Waals surface area (Å²) in [4.78, 5) is 19.8. The molecule has 0 saturated carbocycles. The van der Waals surface area contributed by atoms with Gasteiger partial charge in [-0.15, -0.1) is 0 Å². The number of nitrogen functional groups attached to an aromatic ring is 1. The van der Waals surface area contributed by atoms with Gasteiger partial charge in [-0.25, -0.2) is 4.98 Å². The molecule has 0 fully saturated rings. The first-order valence-electron chi connectivity index (χ1n) is 5.11. The number of aryl methyl sites for hydroxylation is 1. The Bertz CT molecular complexity index is 536. The molecule has 3 N–H and O–H groups in total. The Hall–Kier alpha value is -2.43. The minimum Gasteiger partial charge on any atom is -0.383 e. The van der Waals surface area contributed by atoms with E-state index in [1.165, 1.54) is 0 Å². The smallest absolute Gasteiger partial charge is 0.259 e. The summed E-state index contributed by atoms with van der Waals surface area (Å²) in [6.45, 7) is 1.88. The molecule has 0 unspecified atom stereocenters. The Labute approximate surface area is 98.7 Å². The Morgan fingerprint density at radius 1 is 1.29 bits per heavy atom. The topological polar surface area (TPSA) is 80.9 Å². The summed E-state index contributed by atoms with van der Waals surface area (Å²) in [6, 6.07) is 6.90. The minimum absolute atomic E-state index is 0.213. The third kappa shape index (κ3) is 2.57. The van der Waals surface area contributed by atoms with Crippen LogP contribution in [-0.2, 0) is 0 Å². The monoisotopic (exact) mass is 228 g/mol. The van der Waals surface area contributed by atoms with Crippen LogP contribution in [0.15, 0.2) is 36.7 Å². The number of nitrogens with two attached hydrogens (primary N) is 1. The largest absolute Gasteiger partial charge is 0.383 e. The molecule has 1 amide bonds. The average Bonchev–Trinajstić information content (AvgIpc) is 2.32. The van der Waals surface area contributed by atoms with Gasteiger partial charge in [0.25, 0.3) is 5.91 Å². The van der Waals surface area contributed by atoms with Crippen LogP contribution in [-0.4, -0.2) is 15.9 Å². The summed E-state index contributed by atoms with van der Waals surface area (Å²) in [5.74, 6) is -0.0775. The van der Waals surface area contributed by atoms with Crippen LogP contribution in [0.3, 0.4) is 0 Å². The molecule has 0 radical (unpaired) electrons. The van der Waals surface area contributed by atoms with Gasteiger partial charge in [-0.1, -0.05) is 0 Å². The fourth-order valence-electron chi connectivity index (χ4n) is 1.35. The van der Waals surface area contributed by atoms with Gasteiger partial charge >= 0.3 is 0 Å². The quantitative estimate of drug-likeness (QED) is 0.818. The minimum atomic E-state index is -0.291. The van der Waals surface area contributed by atoms with Crippen LogP contribution in [0, 0.1) is 6.92 Å². The number of nitrogens with one attached hydrogen (secondary N) is 1. The highest BCUT2D eigenvalue weighted by molar-refractivity contribution is 6.07. The van der Waals surface area contributed by atoms with Crippen molar-refractivity contribution in [1.82, 2.24) is 9.97 Å². The molecule has 0 atom stereocenters. The summed E-state index contributed by atoms with van der Waals surface area (Å²) in [6.07, 6.45) is 3.14. The fourth-order valence-corrected chi connectivity index (χ4v) is 1.35. The molecule has 5 heteroatoms. The van der Waals surface area contributed by atoms with E-state index in [1.807, 2.05) is 13.0 Å². The lowest BCUT2D eigenvalue weighted by molar-refractivity contribution is 0.102. The first kappa shape index (κ1) is 11.1. The van der Waals surface area contributed by atoms with E-state index in [0.717, 1.165) is 5.69 Å². The van der Waals surface area contributed by atoms with Crippen LogP contribution < -0.4 is 11.1 Å². The number of rotatable bonds is 2. The molecule has 0 aromatic carbocycles. The molecule has 17 heavy (non-hydrogen) atoms. The van der Waals surface area contributed by atoms with Gasteiger partial charge in [0.1, 0.15) is 5.82 Å². The highest BCUT2D eigenvalue weighted by Gasteiger charge is 2.09. The molecular weight excluding hydrogens is 216 g/mol. The maximum Gasteiger partial charge on any atom is 0.259 e. The molecular formula is C12H12N4O. The predicted molar refractivity (Wildman–Crippen MR) is 65.6 cm³/mol. The number of hydrogen-bond acceptors (Lipinski definition) is 4. The first-order chi connectivity index (χ1) is 8.16. The van der Waals surface area contributed by atoms with E-state index in [1.54, 1.807) is 30.6 Å². The van der Waals surface area contributed by atoms with Crippen LogP contribution >= 0.6 is 0 Å². The molecule has 0 aliphatic rings. The lowest BCUT2D eigenvalue weighted by Crippen LogP contribution is -2.14. The van der Waals surface area contributed by atoms with Crippen molar-refractivity contribution in [3.63, 3.8) is 0 Å². The lowest BCUT2D eigenvalue weighted by atomic mass is 10.2. The number of amides is 1. The predicted octanol–water partition coefficient (Wildman–Crippen LogP) is 1.62. The Morgan fingerprint density at radius 2 is 2.12 bits per heavy atom. The van der Waals surface area contributed by atoms with Crippen molar-refractivity contribution in [1.29, 1.82) is 0 Å². The SMILES string of the molecule is Cc1ccc(NC(=O)c2cccnc2N)cn1. The molecule has 2 rings (SSSR count). The lowest BCUT2D eigenvalue weighted by Gasteiger charge is -2.06. The number of nitrogens with zero attached hydrogens (tertiary/aromatic N) is 2. The van der Waals surface area contributed by atoms with E-state index in [-0.39, 0.29) is 11.7 Å². The molecule has 86 valence electrons. The van der Waals surface area contributed by atoms with Gasteiger partial charge < -0.3 is 11.1 Å². The third-order valence-electron chi connectivity index (χ3n) is 2.25. The maximum atomic E-state index is 11.9. The van der Waals surface area contributed by atoms with Crippen molar-refractivity contribution in [2.45, 2.75) is 6.92 Å². The van der Waals surface area contributed by atoms with Crippen molar-refractivity contribution in [2.24, 2.45) is 0 Å². The second-order valence-electron chi connectivity index (χ2n) is 3.58. The number of carbonyl (C=O) groups excluding carboxylic acids is 1. The van der Waals surface area contributed by atoms with Crippen LogP contribution in [0.5, 0.6) is 0 Å². The van der Waals surface area contributed by atoms with Gasteiger partial charge in [0.2, 0.25) is 0 Å². The summed E-state index contributed by atoms with van der Waals surface area (Å²) in [7, 11) is 0. The normalized spacial score (nSPS) is 9.94. The molecule has 0 spiro atoms. The number of hydrogen-bond donors (Lipinski definition) is 2. The third-order valence-corrected chi connectivity index (χ3v) is 2.25. The molecule has 2 aromatic heterocycles. The van der Waals surface area contributed by atoms with Crippen molar-refractivity contribution in [2.75, 3.05) is 11.1 Å². The van der Waals surface area contributed by atoms with Crippen LogP contribution in [0.25, 0.3) is 0 Å². The van der Waals surface area contributed by atoms with Gasteiger partial charge in [-0.05, 0) is 31.2 Å². The zero-order chi connectivity index (χ0) is 12.3. The molecule has 5 nitrogen and oxygen atoms in total. The second-order valence-corrected chi connectivity index (χ2v) is 3.58. The molecule has 2 heterocycles. The van der Waals surface area contributed by atoms with Crippen molar-refractivity contribution < 1.29 is 4.79 Å². The zero-order valence-electron chi connectivity index (χ0n) is 9.34. The van der Waals surface area contributed by atoms with Crippen LogP contribution in [0.1, 0.15) is 16.1 Å². The van der Waals surface area contributed by atoms with Crippen LogP contribution in [0.4, 0.5) is 11.5 Å². The summed E-state index contributed by atoms with van der Waals surface area (Å²) < 4.78 is 0. The van der Waals surface area contributed by atoms with E-state index < -0.39 is 0 Å². The maximum absolute atomic E-state index is 11.9. The van der Waals surface area contributed by atoms with Crippen molar-refractivity contribution in [3.8, 4) is 0 Å². The molecule has 2 aromatic rings. The van der Waals surface area contributed by atoms with Gasteiger partial charge in [0, 0.05) is 11.9 Å². The Kier molecular flexibility index (Phi) is 3.00. The number of pyridine rings is 2. The van der Waals surface area contributed by atoms with E-state index in [9.17, 15) is 4.79 Å². The van der Waals surface area contributed by atoms with E-state index in [2.05, 4.69) is 15.3 Å². The highest BCUT2D eigenvalue weighted by atomic mass is 16.1. The number of carbonyl (C=O) groups is 1. The Balaban J connectivity index is 2.17. The van der Waals surface area contributed by atoms with Gasteiger partial charge in [-0.3, -0.25) is 9.78 Å².